The number of rotatable bonds is 1. The van der Waals surface area contributed by atoms with Gasteiger partial charge in [0.2, 0.25) is 0 Å². The van der Waals surface area contributed by atoms with E-state index in [1.807, 2.05) is 0 Å². The van der Waals surface area contributed by atoms with Gasteiger partial charge in [0, 0.05) is 11.3 Å². The molecule has 64 valence electrons. The molecular formula is C8H11N3O. The van der Waals surface area contributed by atoms with Crippen molar-refractivity contribution in [3.8, 4) is 6.07 Å². The van der Waals surface area contributed by atoms with Gasteiger partial charge in [0.15, 0.2) is 0 Å². The molecule has 0 atom stereocenters. The number of allylic oxidation sites excluding steroid dienone is 2. The Labute approximate surface area is 71.0 Å². The maximum atomic E-state index is 10.5. The molecule has 3 N–H and O–H groups in total. The van der Waals surface area contributed by atoms with Crippen molar-refractivity contribution in [2.24, 2.45) is 5.73 Å². The quantitative estimate of drug-likeness (QED) is 0.608. The lowest BCUT2D eigenvalue weighted by molar-refractivity contribution is 0.250. The lowest BCUT2D eigenvalue weighted by Crippen LogP contribution is -2.30. The van der Waals surface area contributed by atoms with Crippen LogP contribution in [0, 0.1) is 11.3 Å². The maximum Gasteiger partial charge on any atom is 0.316 e. The minimum Gasteiger partial charge on any atom is -0.351 e. The van der Waals surface area contributed by atoms with Crippen LogP contribution in [0.15, 0.2) is 11.3 Å². The topological polar surface area (TPSA) is 78.9 Å². The van der Waals surface area contributed by atoms with Gasteiger partial charge in [-0.15, -0.1) is 0 Å². The molecule has 1 rings (SSSR count). The summed E-state index contributed by atoms with van der Waals surface area (Å²) in [6.45, 7) is 0. The number of hydrogen-bond donors (Lipinski definition) is 2. The summed E-state index contributed by atoms with van der Waals surface area (Å²) in [4.78, 5) is 10.5. The third-order valence-electron chi connectivity index (χ3n) is 1.88. The molecule has 2 amide bonds. The van der Waals surface area contributed by atoms with Crippen molar-refractivity contribution in [2.75, 3.05) is 0 Å². The highest BCUT2D eigenvalue weighted by molar-refractivity contribution is 5.74. The fraction of sp³-hybridized carbons (Fsp3) is 0.500. The van der Waals surface area contributed by atoms with E-state index in [-0.39, 0.29) is 0 Å². The monoisotopic (exact) mass is 165 g/mol. The zero-order valence-electron chi connectivity index (χ0n) is 6.76. The second-order valence-electron chi connectivity index (χ2n) is 2.77. The first-order valence-corrected chi connectivity index (χ1v) is 3.92. The molecular weight excluding hydrogens is 154 g/mol. The molecule has 0 aromatic heterocycles. The van der Waals surface area contributed by atoms with E-state index in [4.69, 9.17) is 11.0 Å². The average Bonchev–Trinajstić information content (AvgIpc) is 2.04. The molecule has 0 saturated heterocycles. The van der Waals surface area contributed by atoms with Gasteiger partial charge < -0.3 is 11.1 Å². The predicted octanol–water partition coefficient (Wildman–Crippen LogP) is 1.01. The first-order valence-electron chi connectivity index (χ1n) is 3.92. The maximum absolute atomic E-state index is 10.5. The Hall–Kier alpha value is -1.50. The summed E-state index contributed by atoms with van der Waals surface area (Å²) in [6.07, 6.45) is 3.55. The van der Waals surface area contributed by atoms with Crippen molar-refractivity contribution < 1.29 is 4.79 Å². The number of amides is 2. The second-order valence-corrected chi connectivity index (χ2v) is 2.77. The highest BCUT2D eigenvalue weighted by atomic mass is 16.2. The fourth-order valence-electron chi connectivity index (χ4n) is 1.32. The van der Waals surface area contributed by atoms with E-state index in [1.165, 1.54) is 0 Å². The molecule has 1 aliphatic carbocycles. The van der Waals surface area contributed by atoms with Crippen molar-refractivity contribution in [1.29, 1.82) is 5.26 Å². The van der Waals surface area contributed by atoms with Gasteiger partial charge in [0.05, 0.1) is 6.07 Å². The third-order valence-corrected chi connectivity index (χ3v) is 1.88. The van der Waals surface area contributed by atoms with Gasteiger partial charge in [-0.2, -0.15) is 5.26 Å². The minimum absolute atomic E-state index is 0.584. The summed E-state index contributed by atoms with van der Waals surface area (Å²) < 4.78 is 0. The Morgan fingerprint density at radius 2 is 2.17 bits per heavy atom. The van der Waals surface area contributed by atoms with E-state index in [9.17, 15) is 4.79 Å². The van der Waals surface area contributed by atoms with Crippen molar-refractivity contribution in [3.63, 3.8) is 0 Å². The van der Waals surface area contributed by atoms with Crippen LogP contribution in [0.5, 0.6) is 0 Å². The van der Waals surface area contributed by atoms with Gasteiger partial charge in [-0.3, -0.25) is 0 Å². The van der Waals surface area contributed by atoms with E-state index in [1.54, 1.807) is 0 Å². The molecule has 0 radical (unpaired) electrons. The van der Waals surface area contributed by atoms with Gasteiger partial charge >= 0.3 is 6.03 Å². The summed E-state index contributed by atoms with van der Waals surface area (Å²) >= 11 is 0. The van der Waals surface area contributed by atoms with Gasteiger partial charge in [-0.05, 0) is 25.7 Å². The molecule has 0 bridgehead atoms. The number of nitrogens with zero attached hydrogens (tertiary/aromatic N) is 1. The summed E-state index contributed by atoms with van der Waals surface area (Å²) in [5, 5.41) is 11.2. The van der Waals surface area contributed by atoms with Crippen molar-refractivity contribution >= 4 is 6.03 Å². The molecule has 0 aromatic carbocycles. The first kappa shape index (κ1) is 8.60. The zero-order valence-corrected chi connectivity index (χ0v) is 6.76. The number of urea groups is 1. The van der Waals surface area contributed by atoms with Crippen LogP contribution >= 0.6 is 0 Å². The molecule has 12 heavy (non-hydrogen) atoms. The van der Waals surface area contributed by atoms with Crippen LogP contribution < -0.4 is 11.1 Å². The van der Waals surface area contributed by atoms with Gasteiger partial charge in [0.25, 0.3) is 0 Å². The summed E-state index contributed by atoms with van der Waals surface area (Å²) in [5.41, 5.74) is 6.32. The molecule has 4 heteroatoms. The molecule has 0 spiro atoms. The molecule has 0 fully saturated rings. The van der Waals surface area contributed by atoms with E-state index < -0.39 is 6.03 Å². The van der Waals surface area contributed by atoms with Crippen molar-refractivity contribution in [1.82, 2.24) is 5.32 Å². The summed E-state index contributed by atoms with van der Waals surface area (Å²) in [7, 11) is 0. The Balaban J connectivity index is 2.75. The van der Waals surface area contributed by atoms with Crippen LogP contribution in [-0.2, 0) is 0 Å². The largest absolute Gasteiger partial charge is 0.351 e. The van der Waals surface area contributed by atoms with Gasteiger partial charge in [0.1, 0.15) is 0 Å². The lowest BCUT2D eigenvalue weighted by atomic mass is 9.97. The third kappa shape index (κ3) is 1.99. The summed E-state index contributed by atoms with van der Waals surface area (Å²) in [5.74, 6) is 0. The molecule has 1 aliphatic rings. The average molecular weight is 165 g/mol. The van der Waals surface area contributed by atoms with Crippen molar-refractivity contribution in [2.45, 2.75) is 25.7 Å². The number of nitriles is 1. The molecule has 0 unspecified atom stereocenters. The standard InChI is InChI=1S/C8H11N3O/c9-5-6-3-1-2-4-7(6)11-8(10)12/h1-4H2,(H3,10,11,12). The minimum atomic E-state index is -0.584. The Morgan fingerprint density at radius 1 is 1.50 bits per heavy atom. The van der Waals surface area contributed by atoms with E-state index >= 15 is 0 Å². The smallest absolute Gasteiger partial charge is 0.316 e. The number of nitrogens with two attached hydrogens (primary N) is 1. The van der Waals surface area contributed by atoms with E-state index in [0.717, 1.165) is 25.7 Å². The van der Waals surface area contributed by atoms with Gasteiger partial charge in [-0.25, -0.2) is 4.79 Å². The number of hydrogen-bond acceptors (Lipinski definition) is 2. The molecule has 0 aromatic rings. The Morgan fingerprint density at radius 3 is 2.75 bits per heavy atom. The number of carbonyl (C=O) groups excluding carboxylic acids is 1. The van der Waals surface area contributed by atoms with Crippen LogP contribution in [0.4, 0.5) is 4.79 Å². The first-order chi connectivity index (χ1) is 5.74. The zero-order chi connectivity index (χ0) is 8.97. The number of primary amides is 1. The van der Waals surface area contributed by atoms with Crippen LogP contribution in [0.3, 0.4) is 0 Å². The second kappa shape index (κ2) is 3.77. The molecule has 0 aliphatic heterocycles. The van der Waals surface area contributed by atoms with E-state index in [0.29, 0.717) is 11.3 Å². The van der Waals surface area contributed by atoms with Crippen LogP contribution in [0.2, 0.25) is 0 Å². The lowest BCUT2D eigenvalue weighted by Gasteiger charge is -2.15. The SMILES string of the molecule is N#CC1=C(NC(N)=O)CCCC1. The van der Waals surface area contributed by atoms with Crippen LogP contribution in [-0.4, -0.2) is 6.03 Å². The highest BCUT2D eigenvalue weighted by Crippen LogP contribution is 2.21. The number of nitrogens with one attached hydrogen (secondary N) is 1. The predicted molar refractivity (Wildman–Crippen MR) is 43.8 cm³/mol. The normalized spacial score (nSPS) is 16.9. The Kier molecular flexibility index (Phi) is 2.70. The summed E-state index contributed by atoms with van der Waals surface area (Å²) in [6, 6.07) is 1.49. The molecule has 0 heterocycles. The van der Waals surface area contributed by atoms with Crippen molar-refractivity contribution in [3.05, 3.63) is 11.3 Å². The highest BCUT2D eigenvalue weighted by Gasteiger charge is 2.12. The van der Waals surface area contributed by atoms with Crippen LogP contribution in [0.1, 0.15) is 25.7 Å². The fourth-order valence-corrected chi connectivity index (χ4v) is 1.32. The van der Waals surface area contributed by atoms with Gasteiger partial charge in [-0.1, -0.05) is 0 Å². The number of carbonyl (C=O) groups is 1. The molecule has 0 saturated carbocycles. The van der Waals surface area contributed by atoms with E-state index in [2.05, 4.69) is 11.4 Å². The molecule has 4 nitrogen and oxygen atoms in total. The van der Waals surface area contributed by atoms with Crippen LogP contribution in [0.25, 0.3) is 0 Å². The Bertz CT molecular complexity index is 262.